The third-order valence-electron chi connectivity index (χ3n) is 5.28. The Bertz CT molecular complexity index is 578. The van der Waals surface area contributed by atoms with Crippen molar-refractivity contribution in [2.45, 2.75) is 25.8 Å². The summed E-state index contributed by atoms with van der Waals surface area (Å²) in [7, 11) is 4.06. The van der Waals surface area contributed by atoms with E-state index in [1.54, 1.807) is 0 Å². The topological polar surface area (TPSA) is 53.6 Å². The summed E-state index contributed by atoms with van der Waals surface area (Å²) in [6.45, 7) is 4.24. The molecule has 2 N–H and O–H groups in total. The molecule has 1 aromatic carbocycles. The van der Waals surface area contributed by atoms with E-state index < -0.39 is 0 Å². The average molecular weight is 404 g/mol. The summed E-state index contributed by atoms with van der Waals surface area (Å²) in [4.78, 5) is 14.5. The highest BCUT2D eigenvalue weighted by Gasteiger charge is 2.57. The number of carbonyl (C=O) groups excluding carboxylic acids is 1. The Morgan fingerprint density at radius 2 is 2.04 bits per heavy atom. The van der Waals surface area contributed by atoms with Crippen LogP contribution in [-0.4, -0.2) is 51.1 Å². The largest absolute Gasteiger partial charge is 0.492 e. The molecule has 0 bridgehead atoms. The summed E-state index contributed by atoms with van der Waals surface area (Å²) in [5.41, 5.74) is 1.39. The van der Waals surface area contributed by atoms with Crippen LogP contribution in [0.2, 0.25) is 0 Å². The van der Waals surface area contributed by atoms with Crippen molar-refractivity contribution in [2.75, 3.05) is 40.3 Å². The predicted molar refractivity (Wildman–Crippen MR) is 109 cm³/mol. The zero-order valence-electron chi connectivity index (χ0n) is 15.6. The SMILES string of the molecule is CN(C)CCOc1cccc(CNC(=O)C2CC23CCNCC3)c1.Cl.Cl. The van der Waals surface area contributed by atoms with Crippen molar-refractivity contribution >= 4 is 30.7 Å². The summed E-state index contributed by atoms with van der Waals surface area (Å²) < 4.78 is 5.75. The van der Waals surface area contributed by atoms with Crippen molar-refractivity contribution in [3.05, 3.63) is 29.8 Å². The van der Waals surface area contributed by atoms with Gasteiger partial charge in [-0.25, -0.2) is 0 Å². The average Bonchev–Trinajstić information content (AvgIpc) is 3.26. The number of likely N-dealkylation sites (N-methyl/N-ethyl adjacent to an activating group) is 1. The van der Waals surface area contributed by atoms with Crippen LogP contribution in [0.15, 0.2) is 24.3 Å². The number of rotatable bonds is 7. The van der Waals surface area contributed by atoms with Crippen LogP contribution in [0.1, 0.15) is 24.8 Å². The van der Waals surface area contributed by atoms with E-state index in [-0.39, 0.29) is 36.6 Å². The number of ether oxygens (including phenoxy) is 1. The number of nitrogens with one attached hydrogen (secondary N) is 2. The van der Waals surface area contributed by atoms with Gasteiger partial charge in [-0.2, -0.15) is 0 Å². The second-order valence-corrected chi connectivity index (χ2v) is 7.39. The Hall–Kier alpha value is -1.01. The summed E-state index contributed by atoms with van der Waals surface area (Å²) in [5.74, 6) is 1.31. The summed E-state index contributed by atoms with van der Waals surface area (Å²) in [6, 6.07) is 8.00. The lowest BCUT2D eigenvalue weighted by Gasteiger charge is -2.23. The van der Waals surface area contributed by atoms with E-state index in [2.05, 4.69) is 15.5 Å². The van der Waals surface area contributed by atoms with Crippen LogP contribution in [0, 0.1) is 11.3 Å². The summed E-state index contributed by atoms with van der Waals surface area (Å²) >= 11 is 0. The summed E-state index contributed by atoms with van der Waals surface area (Å²) in [5, 5.41) is 6.49. The Kier molecular flexibility index (Phi) is 9.17. The van der Waals surface area contributed by atoms with Gasteiger partial charge in [0.2, 0.25) is 5.91 Å². The maximum absolute atomic E-state index is 12.4. The molecule has 1 saturated carbocycles. The maximum Gasteiger partial charge on any atom is 0.223 e. The van der Waals surface area contributed by atoms with Crippen molar-refractivity contribution in [3.63, 3.8) is 0 Å². The fourth-order valence-corrected chi connectivity index (χ4v) is 3.60. The van der Waals surface area contributed by atoms with E-state index in [0.717, 1.165) is 50.2 Å². The number of hydrogen-bond acceptors (Lipinski definition) is 4. The molecular formula is C19H31Cl2N3O2. The molecule has 1 aromatic rings. The number of piperidine rings is 1. The van der Waals surface area contributed by atoms with Gasteiger partial charge < -0.3 is 20.3 Å². The highest BCUT2D eigenvalue weighted by molar-refractivity contribution is 5.85. The third-order valence-corrected chi connectivity index (χ3v) is 5.28. The monoisotopic (exact) mass is 403 g/mol. The number of benzene rings is 1. The number of hydrogen-bond donors (Lipinski definition) is 2. The van der Waals surface area contributed by atoms with Gasteiger partial charge in [-0.05, 0) is 69.6 Å². The molecule has 2 fully saturated rings. The first-order valence-corrected chi connectivity index (χ1v) is 8.94. The normalized spacial score (nSPS) is 20.0. The highest BCUT2D eigenvalue weighted by atomic mass is 35.5. The molecule has 1 spiro atoms. The van der Waals surface area contributed by atoms with E-state index in [9.17, 15) is 4.79 Å². The lowest BCUT2D eigenvalue weighted by atomic mass is 9.92. The minimum absolute atomic E-state index is 0. The number of carbonyl (C=O) groups is 1. The molecule has 26 heavy (non-hydrogen) atoms. The standard InChI is InChI=1S/C19H29N3O2.2ClH/c1-22(2)10-11-24-16-5-3-4-15(12-16)14-21-18(23)17-13-19(17)6-8-20-9-7-19;;/h3-5,12,17,20H,6-11,13-14H2,1-2H3,(H,21,23);2*1H. The zero-order valence-corrected chi connectivity index (χ0v) is 17.3. The second kappa shape index (κ2) is 10.4. The van der Waals surface area contributed by atoms with E-state index in [0.29, 0.717) is 18.6 Å². The van der Waals surface area contributed by atoms with E-state index >= 15 is 0 Å². The Labute approximate surface area is 169 Å². The molecule has 1 heterocycles. The number of nitrogens with zero attached hydrogens (tertiary/aromatic N) is 1. The van der Waals surface area contributed by atoms with Crippen LogP contribution < -0.4 is 15.4 Å². The molecule has 1 aliphatic heterocycles. The Morgan fingerprint density at radius 3 is 2.73 bits per heavy atom. The first kappa shape index (κ1) is 23.0. The number of halogens is 2. The van der Waals surface area contributed by atoms with E-state index in [1.165, 1.54) is 0 Å². The van der Waals surface area contributed by atoms with Crippen molar-refractivity contribution in [3.8, 4) is 5.75 Å². The highest BCUT2D eigenvalue weighted by Crippen LogP contribution is 2.58. The molecule has 1 saturated heterocycles. The fraction of sp³-hybridized carbons (Fsp3) is 0.632. The van der Waals surface area contributed by atoms with Crippen LogP contribution in [0.25, 0.3) is 0 Å². The quantitative estimate of drug-likeness (QED) is 0.733. The molecule has 0 aromatic heterocycles. The first-order chi connectivity index (χ1) is 11.6. The lowest BCUT2D eigenvalue weighted by Crippen LogP contribution is -2.33. The van der Waals surface area contributed by atoms with Crippen molar-refractivity contribution in [1.29, 1.82) is 0 Å². The van der Waals surface area contributed by atoms with Gasteiger partial charge in [0.05, 0.1) is 0 Å². The molecule has 1 atom stereocenters. The van der Waals surface area contributed by atoms with Crippen LogP contribution in [0.5, 0.6) is 5.75 Å². The molecule has 1 amide bonds. The van der Waals surface area contributed by atoms with Gasteiger partial charge in [0.25, 0.3) is 0 Å². The smallest absolute Gasteiger partial charge is 0.223 e. The zero-order chi connectivity index (χ0) is 17.0. The molecular weight excluding hydrogens is 373 g/mol. The van der Waals surface area contributed by atoms with Crippen molar-refractivity contribution in [2.24, 2.45) is 11.3 Å². The minimum Gasteiger partial charge on any atom is -0.492 e. The van der Waals surface area contributed by atoms with Gasteiger partial charge in [-0.15, -0.1) is 24.8 Å². The molecule has 3 rings (SSSR count). The Balaban J connectivity index is 0.00000169. The summed E-state index contributed by atoms with van der Waals surface area (Å²) in [6.07, 6.45) is 3.34. The fourth-order valence-electron chi connectivity index (χ4n) is 3.60. The molecule has 2 aliphatic rings. The molecule has 148 valence electrons. The Morgan fingerprint density at radius 1 is 1.31 bits per heavy atom. The van der Waals surface area contributed by atoms with Crippen LogP contribution in [0.3, 0.4) is 0 Å². The van der Waals surface area contributed by atoms with Crippen molar-refractivity contribution in [1.82, 2.24) is 15.5 Å². The van der Waals surface area contributed by atoms with Gasteiger partial charge in [0.1, 0.15) is 12.4 Å². The second-order valence-electron chi connectivity index (χ2n) is 7.39. The van der Waals surface area contributed by atoms with Gasteiger partial charge in [-0.1, -0.05) is 12.1 Å². The van der Waals surface area contributed by atoms with E-state index in [1.807, 2.05) is 38.4 Å². The predicted octanol–water partition coefficient (Wildman–Crippen LogP) is 2.48. The van der Waals surface area contributed by atoms with Gasteiger partial charge >= 0.3 is 0 Å². The number of amides is 1. The molecule has 7 heteroatoms. The third kappa shape index (κ3) is 6.02. The minimum atomic E-state index is 0. The van der Waals surface area contributed by atoms with E-state index in [4.69, 9.17) is 4.74 Å². The molecule has 1 unspecified atom stereocenters. The van der Waals surface area contributed by atoms with Crippen molar-refractivity contribution < 1.29 is 9.53 Å². The van der Waals surface area contributed by atoms with Gasteiger partial charge in [-0.3, -0.25) is 4.79 Å². The molecule has 1 aliphatic carbocycles. The first-order valence-electron chi connectivity index (χ1n) is 8.94. The lowest BCUT2D eigenvalue weighted by molar-refractivity contribution is -0.123. The van der Waals surface area contributed by atoms with Crippen LogP contribution in [-0.2, 0) is 11.3 Å². The molecule has 0 radical (unpaired) electrons. The van der Waals surface area contributed by atoms with Gasteiger partial charge in [0.15, 0.2) is 0 Å². The van der Waals surface area contributed by atoms with Gasteiger partial charge in [0, 0.05) is 19.0 Å². The maximum atomic E-state index is 12.4. The molecule has 5 nitrogen and oxygen atoms in total. The van der Waals surface area contributed by atoms with Crippen LogP contribution >= 0.6 is 24.8 Å². The van der Waals surface area contributed by atoms with Crippen LogP contribution in [0.4, 0.5) is 0 Å².